The quantitative estimate of drug-likeness (QED) is 0.246. The third-order valence-electron chi connectivity index (χ3n) is 6.40. The van der Waals surface area contributed by atoms with E-state index in [1.807, 2.05) is 0 Å². The van der Waals surface area contributed by atoms with Crippen LogP contribution < -0.4 is 4.74 Å². The minimum absolute atomic E-state index is 0.0438. The molecular weight excluding hydrogens is 448 g/mol. The predicted molar refractivity (Wildman–Crippen MR) is 131 cm³/mol. The zero-order valence-electron chi connectivity index (χ0n) is 20.0. The number of amides is 1. The molecule has 0 aromatic heterocycles. The van der Waals surface area contributed by atoms with Gasteiger partial charge < -0.3 is 24.6 Å². The van der Waals surface area contributed by atoms with Gasteiger partial charge in [0.15, 0.2) is 0 Å². The average Bonchev–Trinajstić information content (AvgIpc) is 3.13. The summed E-state index contributed by atoms with van der Waals surface area (Å²) in [4.78, 5) is 30.0. The van der Waals surface area contributed by atoms with Crippen molar-refractivity contribution in [3.8, 4) is 11.5 Å². The van der Waals surface area contributed by atoms with Gasteiger partial charge in [-0.25, -0.2) is 0 Å². The molecule has 2 aromatic rings. The van der Waals surface area contributed by atoms with Crippen LogP contribution in [-0.4, -0.2) is 77.7 Å². The Hall–Kier alpha value is -3.36. The van der Waals surface area contributed by atoms with Gasteiger partial charge in [-0.15, -0.1) is 0 Å². The number of aliphatic hydroxyl groups excluding tert-OH is 1. The second kappa shape index (κ2) is 11.4. The van der Waals surface area contributed by atoms with E-state index in [9.17, 15) is 19.8 Å². The van der Waals surface area contributed by atoms with Crippen LogP contribution >= 0.6 is 0 Å². The van der Waals surface area contributed by atoms with Gasteiger partial charge in [0.05, 0.1) is 31.4 Å². The second-order valence-electron chi connectivity index (χ2n) is 8.76. The van der Waals surface area contributed by atoms with E-state index in [4.69, 9.17) is 9.47 Å². The van der Waals surface area contributed by atoms with Crippen LogP contribution in [0.4, 0.5) is 0 Å². The molecule has 186 valence electrons. The molecule has 0 saturated carbocycles. The topological polar surface area (TPSA) is 99.5 Å². The van der Waals surface area contributed by atoms with Crippen molar-refractivity contribution in [2.45, 2.75) is 25.8 Å². The van der Waals surface area contributed by atoms with E-state index in [0.29, 0.717) is 49.8 Å². The number of hydrogen-bond acceptors (Lipinski definition) is 7. The molecule has 2 fully saturated rings. The molecule has 1 atom stereocenters. The Bertz CT molecular complexity index is 1060. The van der Waals surface area contributed by atoms with E-state index < -0.39 is 17.7 Å². The lowest BCUT2D eigenvalue weighted by atomic mass is 9.95. The summed E-state index contributed by atoms with van der Waals surface area (Å²) in [6.07, 6.45) is 1.98. The van der Waals surface area contributed by atoms with E-state index in [-0.39, 0.29) is 17.1 Å². The van der Waals surface area contributed by atoms with Gasteiger partial charge in [0.25, 0.3) is 11.7 Å². The van der Waals surface area contributed by atoms with Gasteiger partial charge in [0.2, 0.25) is 0 Å². The van der Waals surface area contributed by atoms with Crippen LogP contribution in [0.25, 0.3) is 5.76 Å². The number of hydrogen-bond donors (Lipinski definition) is 2. The van der Waals surface area contributed by atoms with Crippen LogP contribution in [0.5, 0.6) is 11.5 Å². The summed E-state index contributed by atoms with van der Waals surface area (Å²) in [6, 6.07) is 12.5. The average molecular weight is 481 g/mol. The van der Waals surface area contributed by atoms with E-state index >= 15 is 0 Å². The van der Waals surface area contributed by atoms with E-state index in [2.05, 4.69) is 11.8 Å². The number of benzene rings is 2. The number of carbonyl (C=O) groups excluding carboxylic acids is 2. The number of aliphatic hydroxyl groups is 1. The first-order valence-electron chi connectivity index (χ1n) is 12.1. The van der Waals surface area contributed by atoms with Crippen molar-refractivity contribution >= 4 is 17.4 Å². The number of ether oxygens (including phenoxy) is 2. The first-order chi connectivity index (χ1) is 17.0. The van der Waals surface area contributed by atoms with E-state index in [1.165, 1.54) is 17.0 Å². The van der Waals surface area contributed by atoms with Crippen molar-refractivity contribution in [2.24, 2.45) is 0 Å². The molecule has 0 bridgehead atoms. The molecule has 8 heteroatoms. The first-order valence-corrected chi connectivity index (χ1v) is 12.1. The molecule has 0 unspecified atom stereocenters. The minimum atomic E-state index is -0.753. The van der Waals surface area contributed by atoms with E-state index in [0.717, 1.165) is 25.9 Å². The third kappa shape index (κ3) is 5.66. The molecule has 0 aliphatic carbocycles. The Labute approximate surface area is 205 Å². The molecule has 8 nitrogen and oxygen atoms in total. The summed E-state index contributed by atoms with van der Waals surface area (Å²) in [5, 5.41) is 21.0. The van der Waals surface area contributed by atoms with Gasteiger partial charge in [-0.2, -0.15) is 0 Å². The minimum Gasteiger partial charge on any atom is -0.508 e. The highest BCUT2D eigenvalue weighted by Gasteiger charge is 2.46. The smallest absolute Gasteiger partial charge is 0.295 e. The van der Waals surface area contributed by atoms with Gasteiger partial charge in [-0.05, 0) is 48.4 Å². The lowest BCUT2D eigenvalue weighted by Crippen LogP contribution is -2.42. The van der Waals surface area contributed by atoms with Crippen molar-refractivity contribution < 1.29 is 29.3 Å². The molecule has 4 rings (SSSR count). The lowest BCUT2D eigenvalue weighted by Gasteiger charge is -2.31. The Morgan fingerprint density at radius 2 is 1.71 bits per heavy atom. The highest BCUT2D eigenvalue weighted by atomic mass is 16.5. The number of nitrogens with zero attached hydrogens (tertiary/aromatic N) is 2. The van der Waals surface area contributed by atoms with Crippen LogP contribution in [0.3, 0.4) is 0 Å². The molecule has 2 aliphatic heterocycles. The number of morpholine rings is 1. The number of ketones is 1. The van der Waals surface area contributed by atoms with Gasteiger partial charge in [-0.3, -0.25) is 14.5 Å². The fourth-order valence-corrected chi connectivity index (χ4v) is 4.39. The summed E-state index contributed by atoms with van der Waals surface area (Å²) in [5.74, 6) is -0.827. The number of phenols is 1. The molecule has 2 aliphatic rings. The molecule has 2 heterocycles. The molecule has 0 radical (unpaired) electrons. The van der Waals surface area contributed by atoms with Crippen molar-refractivity contribution in [3.63, 3.8) is 0 Å². The number of rotatable bonds is 9. The number of aromatic hydroxyl groups is 1. The maximum Gasteiger partial charge on any atom is 0.295 e. The van der Waals surface area contributed by atoms with Gasteiger partial charge in [-0.1, -0.05) is 25.5 Å². The van der Waals surface area contributed by atoms with Gasteiger partial charge in [0.1, 0.15) is 17.3 Å². The normalized spacial score (nSPS) is 20.4. The standard InChI is InChI=1S/C27H32N2O6/c1-2-3-16-35-22-10-6-20(7-11-22)25(31)23-24(19-4-8-21(30)9-5-19)29(27(33)26(23)32)13-12-28-14-17-34-18-15-28/h4-11,24,30-31H,2-3,12-18H2,1H3/b25-23+/t24-/m1/s1. The van der Waals surface area contributed by atoms with Gasteiger partial charge in [0, 0.05) is 31.7 Å². The third-order valence-corrected chi connectivity index (χ3v) is 6.40. The molecule has 2 N–H and O–H groups in total. The largest absolute Gasteiger partial charge is 0.508 e. The molecule has 2 saturated heterocycles. The molecular formula is C27H32N2O6. The Kier molecular flexibility index (Phi) is 8.05. The Morgan fingerprint density at radius 1 is 1.03 bits per heavy atom. The molecule has 35 heavy (non-hydrogen) atoms. The van der Waals surface area contributed by atoms with Crippen molar-refractivity contribution in [3.05, 3.63) is 65.2 Å². The highest BCUT2D eigenvalue weighted by molar-refractivity contribution is 6.46. The fraction of sp³-hybridized carbons (Fsp3) is 0.407. The van der Waals surface area contributed by atoms with Crippen LogP contribution in [0.15, 0.2) is 54.1 Å². The van der Waals surface area contributed by atoms with Crippen LogP contribution in [0.1, 0.15) is 36.9 Å². The molecule has 2 aromatic carbocycles. The van der Waals surface area contributed by atoms with Crippen LogP contribution in [-0.2, 0) is 14.3 Å². The summed E-state index contributed by atoms with van der Waals surface area (Å²) in [6.45, 7) is 6.42. The van der Waals surface area contributed by atoms with Crippen molar-refractivity contribution in [1.82, 2.24) is 9.80 Å². The number of likely N-dealkylation sites (tertiary alicyclic amines) is 1. The first kappa shape index (κ1) is 24.8. The van der Waals surface area contributed by atoms with Crippen LogP contribution in [0.2, 0.25) is 0 Å². The second-order valence-corrected chi connectivity index (χ2v) is 8.76. The highest BCUT2D eigenvalue weighted by Crippen LogP contribution is 2.39. The number of carbonyl (C=O) groups is 2. The SMILES string of the molecule is CCCCOc1ccc(/C(O)=C2\C(=O)C(=O)N(CCN3CCOCC3)[C@@H]2c2ccc(O)cc2)cc1. The maximum atomic E-state index is 13.2. The Morgan fingerprint density at radius 3 is 2.37 bits per heavy atom. The number of unbranched alkanes of at least 4 members (excludes halogenated alkanes) is 1. The fourth-order valence-electron chi connectivity index (χ4n) is 4.39. The zero-order valence-corrected chi connectivity index (χ0v) is 20.0. The van der Waals surface area contributed by atoms with E-state index in [1.54, 1.807) is 36.4 Å². The maximum absolute atomic E-state index is 13.2. The summed E-state index contributed by atoms with van der Waals surface area (Å²) in [5.41, 5.74) is 1.12. The monoisotopic (exact) mass is 480 g/mol. The molecule has 0 spiro atoms. The number of Topliss-reactive ketones (excluding diaryl/α,β-unsaturated/α-hetero) is 1. The van der Waals surface area contributed by atoms with Crippen molar-refractivity contribution in [1.29, 1.82) is 0 Å². The van der Waals surface area contributed by atoms with Crippen LogP contribution in [0, 0.1) is 0 Å². The molecule has 1 amide bonds. The van der Waals surface area contributed by atoms with Gasteiger partial charge >= 0.3 is 0 Å². The lowest BCUT2D eigenvalue weighted by molar-refractivity contribution is -0.140. The summed E-state index contributed by atoms with van der Waals surface area (Å²) in [7, 11) is 0. The zero-order chi connectivity index (χ0) is 24.8. The summed E-state index contributed by atoms with van der Waals surface area (Å²) >= 11 is 0. The predicted octanol–water partition coefficient (Wildman–Crippen LogP) is 3.33. The Balaban J connectivity index is 1.65. The van der Waals surface area contributed by atoms with Crippen molar-refractivity contribution in [2.75, 3.05) is 46.0 Å². The summed E-state index contributed by atoms with van der Waals surface area (Å²) < 4.78 is 11.1. The number of phenolic OH excluding ortho intramolecular Hbond substituents is 1.